The van der Waals surface area contributed by atoms with Gasteiger partial charge >= 0.3 is 0 Å². The first-order valence-corrected chi connectivity index (χ1v) is 7.45. The van der Waals surface area contributed by atoms with Gasteiger partial charge < -0.3 is 5.32 Å². The van der Waals surface area contributed by atoms with Crippen LogP contribution in [0.15, 0.2) is 6.20 Å². The Labute approximate surface area is 107 Å². The van der Waals surface area contributed by atoms with Gasteiger partial charge in [-0.3, -0.25) is 4.90 Å². The number of fused-ring (bicyclic) bond motifs is 1. The number of hydrogen-bond acceptors (Lipinski definition) is 4. The number of nitrogens with one attached hydrogen (secondary N) is 1. The van der Waals surface area contributed by atoms with Gasteiger partial charge in [-0.1, -0.05) is 6.92 Å². The lowest BCUT2D eigenvalue weighted by Crippen LogP contribution is -2.34. The van der Waals surface area contributed by atoms with Crippen molar-refractivity contribution in [3.63, 3.8) is 0 Å². The van der Waals surface area contributed by atoms with Crippen molar-refractivity contribution >= 4 is 11.3 Å². The number of likely N-dealkylation sites (tertiary alicyclic amines) is 1. The second-order valence-electron chi connectivity index (χ2n) is 5.33. The lowest BCUT2D eigenvalue weighted by molar-refractivity contribution is 0.212. The number of thiazole rings is 1. The Morgan fingerprint density at radius 1 is 1.53 bits per heavy atom. The van der Waals surface area contributed by atoms with E-state index in [4.69, 9.17) is 0 Å². The third-order valence-corrected chi connectivity index (χ3v) is 5.17. The zero-order valence-electron chi connectivity index (χ0n) is 10.6. The van der Waals surface area contributed by atoms with Gasteiger partial charge in [0.1, 0.15) is 0 Å². The predicted molar refractivity (Wildman–Crippen MR) is 71.2 cm³/mol. The van der Waals surface area contributed by atoms with Crippen LogP contribution < -0.4 is 5.32 Å². The molecule has 0 bridgehead atoms. The molecule has 2 aliphatic rings. The minimum absolute atomic E-state index is 0.775. The van der Waals surface area contributed by atoms with Gasteiger partial charge in [-0.05, 0) is 38.3 Å². The molecule has 4 heteroatoms. The zero-order valence-corrected chi connectivity index (χ0v) is 11.5. The molecule has 3 nitrogen and oxygen atoms in total. The fourth-order valence-electron chi connectivity index (χ4n) is 3.53. The minimum atomic E-state index is 0.775. The summed E-state index contributed by atoms with van der Waals surface area (Å²) in [6.07, 6.45) is 3.33. The van der Waals surface area contributed by atoms with E-state index in [9.17, 15) is 0 Å². The Hall–Kier alpha value is -0.450. The van der Waals surface area contributed by atoms with Crippen LogP contribution >= 0.6 is 11.3 Å². The SMILES string of the molecule is CCC1C2CNCC2CN1Cc1cnc(C)s1. The molecule has 0 spiro atoms. The summed E-state index contributed by atoms with van der Waals surface area (Å²) in [5.74, 6) is 1.77. The fourth-order valence-corrected chi connectivity index (χ4v) is 4.35. The van der Waals surface area contributed by atoms with Crippen LogP contribution in [-0.4, -0.2) is 35.6 Å². The van der Waals surface area contributed by atoms with E-state index in [0.29, 0.717) is 0 Å². The first kappa shape index (κ1) is 11.6. The average molecular weight is 251 g/mol. The molecule has 0 radical (unpaired) electrons. The normalized spacial score (nSPS) is 33.2. The monoisotopic (exact) mass is 251 g/mol. The topological polar surface area (TPSA) is 28.2 Å². The molecular weight excluding hydrogens is 230 g/mol. The Bertz CT molecular complexity index is 390. The Morgan fingerprint density at radius 3 is 3.12 bits per heavy atom. The average Bonchev–Trinajstić information content (AvgIpc) is 2.95. The maximum atomic E-state index is 4.36. The molecule has 1 aromatic heterocycles. The van der Waals surface area contributed by atoms with Gasteiger partial charge in [0.05, 0.1) is 5.01 Å². The van der Waals surface area contributed by atoms with Gasteiger partial charge in [0, 0.05) is 30.2 Å². The van der Waals surface area contributed by atoms with E-state index in [1.54, 1.807) is 0 Å². The van der Waals surface area contributed by atoms with Gasteiger partial charge in [0.2, 0.25) is 0 Å². The smallest absolute Gasteiger partial charge is 0.0897 e. The predicted octanol–water partition coefficient (Wildman–Crippen LogP) is 1.88. The van der Waals surface area contributed by atoms with Gasteiger partial charge in [-0.2, -0.15) is 0 Å². The van der Waals surface area contributed by atoms with Gasteiger partial charge in [0.25, 0.3) is 0 Å². The second kappa shape index (κ2) is 4.67. The van der Waals surface area contributed by atoms with Crippen molar-refractivity contribution in [1.82, 2.24) is 15.2 Å². The lowest BCUT2D eigenvalue weighted by atomic mass is 9.93. The van der Waals surface area contributed by atoms with E-state index in [2.05, 4.69) is 35.2 Å². The highest BCUT2D eigenvalue weighted by Gasteiger charge is 2.42. The fraction of sp³-hybridized carbons (Fsp3) is 0.769. The molecule has 0 amide bonds. The third kappa shape index (κ3) is 2.14. The van der Waals surface area contributed by atoms with Gasteiger partial charge in [-0.15, -0.1) is 11.3 Å². The quantitative estimate of drug-likeness (QED) is 0.889. The molecule has 17 heavy (non-hydrogen) atoms. The Morgan fingerprint density at radius 2 is 2.41 bits per heavy atom. The molecule has 3 heterocycles. The summed E-state index contributed by atoms with van der Waals surface area (Å²) in [6, 6.07) is 0.775. The molecule has 94 valence electrons. The van der Waals surface area contributed by atoms with Gasteiger partial charge in [-0.25, -0.2) is 4.98 Å². The van der Waals surface area contributed by atoms with Crippen molar-refractivity contribution in [1.29, 1.82) is 0 Å². The molecule has 2 saturated heterocycles. The molecule has 3 atom stereocenters. The molecule has 1 N–H and O–H groups in total. The second-order valence-corrected chi connectivity index (χ2v) is 6.65. The van der Waals surface area contributed by atoms with Crippen LogP contribution in [0, 0.1) is 18.8 Å². The first-order chi connectivity index (χ1) is 8.28. The number of aryl methyl sites for hydroxylation is 1. The van der Waals surface area contributed by atoms with Crippen molar-refractivity contribution in [2.75, 3.05) is 19.6 Å². The largest absolute Gasteiger partial charge is 0.316 e. The molecule has 1 aromatic rings. The Balaban J connectivity index is 1.71. The van der Waals surface area contributed by atoms with Crippen LogP contribution in [0.25, 0.3) is 0 Å². The van der Waals surface area contributed by atoms with E-state index in [-0.39, 0.29) is 0 Å². The molecule has 0 aliphatic carbocycles. The molecule has 0 aromatic carbocycles. The maximum Gasteiger partial charge on any atom is 0.0897 e. The number of aromatic nitrogens is 1. The van der Waals surface area contributed by atoms with Crippen LogP contribution in [0.2, 0.25) is 0 Å². The summed E-state index contributed by atoms with van der Waals surface area (Å²) in [6.45, 7) is 9.25. The highest BCUT2D eigenvalue weighted by molar-refractivity contribution is 7.11. The molecule has 0 saturated carbocycles. The number of nitrogens with zero attached hydrogens (tertiary/aromatic N) is 2. The van der Waals surface area contributed by atoms with Crippen LogP contribution in [0.3, 0.4) is 0 Å². The van der Waals surface area contributed by atoms with Crippen LogP contribution in [0.4, 0.5) is 0 Å². The maximum absolute atomic E-state index is 4.36. The van der Waals surface area contributed by atoms with Crippen LogP contribution in [-0.2, 0) is 6.54 Å². The summed E-state index contributed by atoms with van der Waals surface area (Å²) in [7, 11) is 0. The summed E-state index contributed by atoms with van der Waals surface area (Å²) in [5, 5.41) is 4.73. The molecule has 3 rings (SSSR count). The first-order valence-electron chi connectivity index (χ1n) is 6.64. The number of hydrogen-bond donors (Lipinski definition) is 1. The summed E-state index contributed by atoms with van der Waals surface area (Å²) >= 11 is 1.85. The molecule has 2 fully saturated rings. The summed E-state index contributed by atoms with van der Waals surface area (Å²) in [5.41, 5.74) is 0. The lowest BCUT2D eigenvalue weighted by Gasteiger charge is -2.26. The van der Waals surface area contributed by atoms with E-state index in [1.165, 1.54) is 35.9 Å². The highest BCUT2D eigenvalue weighted by atomic mass is 32.1. The Kier molecular flexibility index (Phi) is 3.19. The molecule has 2 aliphatic heterocycles. The van der Waals surface area contributed by atoms with E-state index in [1.807, 2.05) is 11.3 Å². The zero-order chi connectivity index (χ0) is 11.8. The van der Waals surface area contributed by atoms with Crippen molar-refractivity contribution in [3.8, 4) is 0 Å². The van der Waals surface area contributed by atoms with Crippen LogP contribution in [0.5, 0.6) is 0 Å². The molecule has 3 unspecified atom stereocenters. The number of rotatable bonds is 3. The standard InChI is InChI=1S/C13H21N3S/c1-3-13-12-6-14-4-10(12)7-16(13)8-11-5-15-9(2)17-11/h5,10,12-14H,3-4,6-8H2,1-2H3. The van der Waals surface area contributed by atoms with Crippen LogP contribution in [0.1, 0.15) is 23.2 Å². The van der Waals surface area contributed by atoms with Crippen molar-refractivity contribution in [2.45, 2.75) is 32.9 Å². The summed E-state index contributed by atoms with van der Waals surface area (Å²) in [4.78, 5) is 8.47. The van der Waals surface area contributed by atoms with E-state index in [0.717, 1.165) is 24.4 Å². The van der Waals surface area contributed by atoms with Crippen molar-refractivity contribution < 1.29 is 0 Å². The van der Waals surface area contributed by atoms with E-state index < -0.39 is 0 Å². The summed E-state index contributed by atoms with van der Waals surface area (Å²) < 4.78 is 0. The van der Waals surface area contributed by atoms with Crippen molar-refractivity contribution in [3.05, 3.63) is 16.1 Å². The van der Waals surface area contributed by atoms with Gasteiger partial charge in [0.15, 0.2) is 0 Å². The highest BCUT2D eigenvalue weighted by Crippen LogP contribution is 2.35. The van der Waals surface area contributed by atoms with Crippen molar-refractivity contribution in [2.24, 2.45) is 11.8 Å². The molecular formula is C13H21N3S. The van der Waals surface area contributed by atoms with E-state index >= 15 is 0 Å². The third-order valence-electron chi connectivity index (χ3n) is 4.27. The minimum Gasteiger partial charge on any atom is -0.316 e.